The third-order valence-corrected chi connectivity index (χ3v) is 6.97. The first-order valence-electron chi connectivity index (χ1n) is 8.51. The van der Waals surface area contributed by atoms with Crippen LogP contribution in [0.5, 0.6) is 11.5 Å². The highest BCUT2D eigenvalue weighted by molar-refractivity contribution is 7.91. The van der Waals surface area contributed by atoms with Crippen LogP contribution in [0.2, 0.25) is 0 Å². The molecule has 6 N–H and O–H groups in total. The maximum atomic E-state index is 12.4. The zero-order valence-electron chi connectivity index (χ0n) is 15.5. The van der Waals surface area contributed by atoms with Gasteiger partial charge in [0.2, 0.25) is 15.9 Å². The fourth-order valence-corrected chi connectivity index (χ4v) is 4.89. The largest absolute Gasteiger partial charge is 0.507 e. The van der Waals surface area contributed by atoms with Crippen LogP contribution in [-0.2, 0) is 26.7 Å². The molecule has 0 fully saturated rings. The van der Waals surface area contributed by atoms with Crippen LogP contribution >= 0.6 is 0 Å². The number of aliphatic hydroxyl groups excluding tert-OH is 1. The summed E-state index contributed by atoms with van der Waals surface area (Å²) in [6.07, 6.45) is 0.990. The van der Waals surface area contributed by atoms with Crippen molar-refractivity contribution in [3.8, 4) is 11.5 Å². The Morgan fingerprint density at radius 2 is 1.77 bits per heavy atom. The average Bonchev–Trinajstić information content (AvgIpc) is 2.93. The Kier molecular flexibility index (Phi) is 5.71. The molecule has 2 aromatic carbocycles. The Labute approximate surface area is 176 Å². The molecule has 1 heterocycles. The van der Waals surface area contributed by atoms with Crippen LogP contribution in [0.25, 0.3) is 0 Å². The number of phenolic OH excluding ortho intramolecular Hbond substituents is 1. The van der Waals surface area contributed by atoms with E-state index >= 15 is 0 Å². The van der Waals surface area contributed by atoms with E-state index in [1.807, 2.05) is 4.72 Å². The van der Waals surface area contributed by atoms with Gasteiger partial charge < -0.3 is 20.4 Å². The molecule has 2 aromatic rings. The predicted octanol–water partition coefficient (Wildman–Crippen LogP) is 0.328. The van der Waals surface area contributed by atoms with E-state index < -0.39 is 49.1 Å². The summed E-state index contributed by atoms with van der Waals surface area (Å²) in [4.78, 5) is 10.7. The highest BCUT2D eigenvalue weighted by Gasteiger charge is 2.30. The molecule has 166 valence electrons. The molecular formula is C17H17N3O9S2. The Bertz CT molecular complexity index is 1290. The van der Waals surface area contributed by atoms with Crippen molar-refractivity contribution in [1.82, 2.24) is 9.44 Å². The predicted molar refractivity (Wildman–Crippen MR) is 107 cm³/mol. The monoisotopic (exact) mass is 471 g/mol. The lowest BCUT2D eigenvalue weighted by atomic mass is 10.1. The van der Waals surface area contributed by atoms with Crippen LogP contribution in [0.3, 0.4) is 0 Å². The zero-order valence-corrected chi connectivity index (χ0v) is 17.2. The van der Waals surface area contributed by atoms with Crippen LogP contribution in [0.15, 0.2) is 53.4 Å². The standard InChI is InChI=1S/C17H17N3O9S2/c21-14-4-2-11(8-12(14)17(24)25)30(26,27)18-6-5-10-1-3-13(15(22)7-10)20-9-16(23)19-31(20,28)29/h1-4,7-9,18-19,21-23H,5-6H2,(H,24,25). The maximum absolute atomic E-state index is 12.4. The van der Waals surface area contributed by atoms with Crippen LogP contribution in [0.1, 0.15) is 15.9 Å². The first kappa shape index (κ1) is 22.2. The number of aromatic carboxylic acids is 1. The number of sulfonamides is 1. The second-order valence-corrected chi connectivity index (χ2v) is 9.69. The number of aliphatic hydroxyl groups is 1. The molecule has 0 aliphatic carbocycles. The molecule has 0 spiro atoms. The summed E-state index contributed by atoms with van der Waals surface area (Å²) in [6, 6.07) is 6.83. The lowest BCUT2D eigenvalue weighted by molar-refractivity contribution is 0.0693. The fourth-order valence-electron chi connectivity index (χ4n) is 2.76. The van der Waals surface area contributed by atoms with Gasteiger partial charge in [-0.25, -0.2) is 27.0 Å². The van der Waals surface area contributed by atoms with E-state index in [-0.39, 0.29) is 23.5 Å². The molecule has 0 bridgehead atoms. The van der Waals surface area contributed by atoms with Crippen LogP contribution in [0.4, 0.5) is 5.69 Å². The molecule has 0 saturated heterocycles. The van der Waals surface area contributed by atoms with E-state index in [2.05, 4.69) is 4.72 Å². The van der Waals surface area contributed by atoms with Crippen molar-refractivity contribution < 1.29 is 42.1 Å². The Morgan fingerprint density at radius 3 is 2.35 bits per heavy atom. The van der Waals surface area contributed by atoms with Gasteiger partial charge in [-0.15, -0.1) is 0 Å². The average molecular weight is 471 g/mol. The zero-order chi connectivity index (χ0) is 23.0. The second-order valence-electron chi connectivity index (χ2n) is 6.37. The highest BCUT2D eigenvalue weighted by atomic mass is 32.2. The van der Waals surface area contributed by atoms with Crippen LogP contribution < -0.4 is 13.7 Å². The number of hydrogen-bond acceptors (Lipinski definition) is 8. The maximum Gasteiger partial charge on any atom is 0.339 e. The number of carboxylic acids is 1. The highest BCUT2D eigenvalue weighted by Crippen LogP contribution is 2.32. The Morgan fingerprint density at radius 1 is 1.06 bits per heavy atom. The fraction of sp³-hybridized carbons (Fsp3) is 0.118. The number of benzene rings is 2. The van der Waals surface area contributed by atoms with Gasteiger partial charge in [0.25, 0.3) is 0 Å². The topological polar surface area (TPSA) is 194 Å². The summed E-state index contributed by atoms with van der Waals surface area (Å²) in [5.41, 5.74) is -0.209. The van der Waals surface area contributed by atoms with Gasteiger partial charge in [-0.05, 0) is 42.3 Å². The van der Waals surface area contributed by atoms with Crippen molar-refractivity contribution in [1.29, 1.82) is 0 Å². The summed E-state index contributed by atoms with van der Waals surface area (Å²) in [7, 11) is -8.15. The molecule has 3 rings (SSSR count). The van der Waals surface area contributed by atoms with Gasteiger partial charge in [0.1, 0.15) is 22.7 Å². The number of hydrogen-bond donors (Lipinski definition) is 6. The van der Waals surface area contributed by atoms with Gasteiger partial charge in [-0.3, -0.25) is 0 Å². The molecule has 12 nitrogen and oxygen atoms in total. The lowest BCUT2D eigenvalue weighted by Gasteiger charge is -2.16. The molecule has 0 unspecified atom stereocenters. The van der Waals surface area contributed by atoms with Gasteiger partial charge in [0, 0.05) is 6.54 Å². The molecule has 14 heteroatoms. The molecule has 0 aromatic heterocycles. The first-order valence-corrected chi connectivity index (χ1v) is 11.4. The molecule has 1 aliphatic rings. The van der Waals surface area contributed by atoms with E-state index in [1.165, 1.54) is 18.2 Å². The van der Waals surface area contributed by atoms with Gasteiger partial charge in [0.15, 0.2) is 0 Å². The third-order valence-electron chi connectivity index (χ3n) is 4.22. The van der Waals surface area contributed by atoms with Crippen molar-refractivity contribution in [2.24, 2.45) is 0 Å². The minimum atomic E-state index is -4.07. The first-order chi connectivity index (χ1) is 14.4. The Balaban J connectivity index is 1.70. The quantitative estimate of drug-likeness (QED) is 0.330. The van der Waals surface area contributed by atoms with Gasteiger partial charge >= 0.3 is 16.2 Å². The number of anilines is 1. The minimum absolute atomic E-state index is 0.114. The van der Waals surface area contributed by atoms with Crippen LogP contribution in [0, 0.1) is 0 Å². The molecular weight excluding hydrogens is 454 g/mol. The van der Waals surface area contributed by atoms with Crippen LogP contribution in [-0.4, -0.2) is 49.8 Å². The van der Waals surface area contributed by atoms with Crippen molar-refractivity contribution in [3.63, 3.8) is 0 Å². The summed E-state index contributed by atoms with van der Waals surface area (Å²) >= 11 is 0. The third kappa shape index (κ3) is 4.65. The summed E-state index contributed by atoms with van der Waals surface area (Å²) in [5, 5.41) is 38.0. The SMILES string of the molecule is O=C(O)c1cc(S(=O)(=O)NCCc2ccc(N3C=C(O)NS3(=O)=O)c(O)c2)ccc1O. The van der Waals surface area contributed by atoms with Crippen molar-refractivity contribution >= 4 is 31.9 Å². The van der Waals surface area contributed by atoms with E-state index in [0.717, 1.165) is 24.4 Å². The Hall–Kier alpha value is -3.49. The van der Waals surface area contributed by atoms with Crippen molar-refractivity contribution in [3.05, 3.63) is 59.6 Å². The number of rotatable bonds is 7. The normalized spacial score (nSPS) is 15.4. The van der Waals surface area contributed by atoms with Crippen molar-refractivity contribution in [2.45, 2.75) is 11.3 Å². The van der Waals surface area contributed by atoms with E-state index in [4.69, 9.17) is 5.11 Å². The van der Waals surface area contributed by atoms with Gasteiger partial charge in [0.05, 0.1) is 11.1 Å². The van der Waals surface area contributed by atoms with Crippen molar-refractivity contribution in [2.75, 3.05) is 10.8 Å². The summed E-state index contributed by atoms with van der Waals surface area (Å²) in [5.74, 6) is -3.08. The molecule has 0 saturated carbocycles. The number of aromatic hydroxyl groups is 2. The molecule has 0 radical (unpaired) electrons. The summed E-state index contributed by atoms with van der Waals surface area (Å²) in [6.45, 7) is -0.116. The molecule has 31 heavy (non-hydrogen) atoms. The van der Waals surface area contributed by atoms with E-state index in [0.29, 0.717) is 9.87 Å². The lowest BCUT2D eigenvalue weighted by Crippen LogP contribution is -2.29. The van der Waals surface area contributed by atoms with Gasteiger partial charge in [-0.2, -0.15) is 8.42 Å². The van der Waals surface area contributed by atoms with Gasteiger partial charge in [-0.1, -0.05) is 6.07 Å². The summed E-state index contributed by atoms with van der Waals surface area (Å²) < 4.78 is 53.2. The second kappa shape index (κ2) is 7.98. The minimum Gasteiger partial charge on any atom is -0.507 e. The molecule has 1 aliphatic heterocycles. The number of carbonyl (C=O) groups is 1. The number of carboxylic acid groups (broad SMARTS) is 1. The number of nitrogens with one attached hydrogen (secondary N) is 2. The number of phenols is 2. The molecule has 0 atom stereocenters. The van der Waals surface area contributed by atoms with E-state index in [1.54, 1.807) is 0 Å². The number of nitrogens with zero attached hydrogens (tertiary/aromatic N) is 1. The smallest absolute Gasteiger partial charge is 0.339 e. The van der Waals surface area contributed by atoms with E-state index in [9.17, 15) is 36.9 Å². The molecule has 0 amide bonds.